The Balaban J connectivity index is 1.44. The molecule has 2 aliphatic heterocycles. The third-order valence-electron chi connectivity index (χ3n) is 6.00. The molecule has 7 nitrogen and oxygen atoms in total. The molecule has 2 fully saturated rings. The van der Waals surface area contributed by atoms with E-state index in [1.54, 1.807) is 11.3 Å². The minimum Gasteiger partial charge on any atom is -0.463 e. The zero-order valence-electron chi connectivity index (χ0n) is 18.0. The quantitative estimate of drug-likeness (QED) is 0.554. The number of thiazole rings is 1. The van der Waals surface area contributed by atoms with Crippen molar-refractivity contribution in [3.8, 4) is 33.8 Å². The molecule has 1 aromatic carbocycles. The molecule has 0 spiro atoms. The Morgan fingerprint density at radius 3 is 2.47 bits per heavy atom. The van der Waals surface area contributed by atoms with Crippen LogP contribution in [0.25, 0.3) is 21.7 Å². The van der Waals surface area contributed by atoms with E-state index in [1.165, 1.54) is 12.8 Å². The highest BCUT2D eigenvalue weighted by molar-refractivity contribution is 7.19. The van der Waals surface area contributed by atoms with Crippen LogP contribution in [0, 0.1) is 23.2 Å². The molecule has 5 rings (SSSR count). The molecular formula is C24H25N5O2S. The maximum Gasteiger partial charge on any atom is 0.316 e. The smallest absolute Gasteiger partial charge is 0.316 e. The minimum atomic E-state index is 0.385. The normalized spacial score (nSPS) is 17.1. The SMILES string of the molecule is CC1CCN(c2nc(-c3ccc(C#N)cc3)c(-c3cnc(OCC4COC4)nc3)s2)CC1. The molecule has 0 bridgehead atoms. The predicted octanol–water partition coefficient (Wildman–Crippen LogP) is 4.40. The van der Waals surface area contributed by atoms with Crippen LogP contribution >= 0.6 is 11.3 Å². The molecule has 3 aromatic rings. The Hall–Kier alpha value is -3.02. The lowest BCUT2D eigenvalue weighted by Gasteiger charge is -2.29. The van der Waals surface area contributed by atoms with Crippen molar-refractivity contribution in [2.75, 3.05) is 37.8 Å². The van der Waals surface area contributed by atoms with Gasteiger partial charge in [0.2, 0.25) is 0 Å². The molecule has 0 atom stereocenters. The van der Waals surface area contributed by atoms with Gasteiger partial charge < -0.3 is 14.4 Å². The van der Waals surface area contributed by atoms with Crippen molar-refractivity contribution in [3.63, 3.8) is 0 Å². The number of hydrogen-bond donors (Lipinski definition) is 0. The molecule has 0 N–H and O–H groups in total. The number of nitrogens with zero attached hydrogens (tertiary/aromatic N) is 5. The highest BCUT2D eigenvalue weighted by atomic mass is 32.1. The lowest BCUT2D eigenvalue weighted by molar-refractivity contribution is -0.0520. The van der Waals surface area contributed by atoms with Crippen molar-refractivity contribution < 1.29 is 9.47 Å². The summed E-state index contributed by atoms with van der Waals surface area (Å²) < 4.78 is 10.9. The van der Waals surface area contributed by atoms with E-state index in [4.69, 9.17) is 19.7 Å². The van der Waals surface area contributed by atoms with Crippen molar-refractivity contribution in [1.82, 2.24) is 15.0 Å². The first kappa shape index (κ1) is 20.9. The number of nitriles is 1. The average Bonchev–Trinajstić information content (AvgIpc) is 3.24. The minimum absolute atomic E-state index is 0.385. The summed E-state index contributed by atoms with van der Waals surface area (Å²) in [4.78, 5) is 17.3. The van der Waals surface area contributed by atoms with Gasteiger partial charge >= 0.3 is 6.01 Å². The van der Waals surface area contributed by atoms with Crippen molar-refractivity contribution in [3.05, 3.63) is 42.2 Å². The summed E-state index contributed by atoms with van der Waals surface area (Å²) in [5, 5.41) is 10.2. The van der Waals surface area contributed by atoms with Gasteiger partial charge in [0, 0.05) is 42.5 Å². The third-order valence-corrected chi connectivity index (χ3v) is 7.17. The lowest BCUT2D eigenvalue weighted by atomic mass is 10.00. The second kappa shape index (κ2) is 9.23. The molecule has 4 heterocycles. The van der Waals surface area contributed by atoms with Crippen molar-refractivity contribution >= 4 is 16.5 Å². The second-order valence-corrected chi connectivity index (χ2v) is 9.48. The van der Waals surface area contributed by atoms with E-state index in [2.05, 4.69) is 27.9 Å². The fraction of sp³-hybridized carbons (Fsp3) is 0.417. The molecule has 8 heteroatoms. The summed E-state index contributed by atoms with van der Waals surface area (Å²) in [6.45, 7) is 6.42. The van der Waals surface area contributed by atoms with Crippen LogP contribution in [0.1, 0.15) is 25.3 Å². The molecule has 2 aliphatic rings. The molecule has 0 aliphatic carbocycles. The van der Waals surface area contributed by atoms with Crippen molar-refractivity contribution in [2.24, 2.45) is 11.8 Å². The number of aromatic nitrogens is 3. The summed E-state index contributed by atoms with van der Waals surface area (Å²) >= 11 is 1.67. The summed E-state index contributed by atoms with van der Waals surface area (Å²) in [5.74, 6) is 1.19. The number of ether oxygens (including phenoxy) is 2. The number of piperidine rings is 1. The van der Waals surface area contributed by atoms with Gasteiger partial charge in [-0.1, -0.05) is 30.4 Å². The first-order valence-corrected chi connectivity index (χ1v) is 11.8. The summed E-state index contributed by atoms with van der Waals surface area (Å²) in [6, 6.07) is 10.1. The second-order valence-electron chi connectivity index (χ2n) is 8.50. The van der Waals surface area contributed by atoms with Crippen LogP contribution in [-0.4, -0.2) is 47.9 Å². The van der Waals surface area contributed by atoms with Gasteiger partial charge in [0.05, 0.1) is 42.0 Å². The van der Waals surface area contributed by atoms with E-state index in [0.29, 0.717) is 24.1 Å². The first-order valence-electron chi connectivity index (χ1n) is 11.0. The summed E-state index contributed by atoms with van der Waals surface area (Å²) in [6.07, 6.45) is 5.98. The molecule has 32 heavy (non-hydrogen) atoms. The van der Waals surface area contributed by atoms with Gasteiger partial charge in [-0.05, 0) is 30.9 Å². The Labute approximate surface area is 191 Å². The topological polar surface area (TPSA) is 84.2 Å². The fourth-order valence-electron chi connectivity index (χ4n) is 3.82. The number of benzene rings is 1. The molecule has 0 radical (unpaired) electrons. The fourth-order valence-corrected chi connectivity index (χ4v) is 4.93. The monoisotopic (exact) mass is 447 g/mol. The van der Waals surface area contributed by atoms with Gasteiger partial charge in [-0.15, -0.1) is 0 Å². The average molecular weight is 448 g/mol. The standard InChI is InChI=1S/C24H25N5O2S/c1-16-6-8-29(9-7-16)24-28-21(19-4-2-17(10-25)3-5-19)22(32-24)20-11-26-23(27-12-20)31-15-18-13-30-14-18/h2-5,11-12,16,18H,6-9,13-15H2,1H3. The van der Waals surface area contributed by atoms with Crippen LogP contribution in [0.2, 0.25) is 0 Å². The van der Waals surface area contributed by atoms with Crippen LogP contribution in [-0.2, 0) is 4.74 Å². The predicted molar refractivity (Wildman–Crippen MR) is 124 cm³/mol. The van der Waals surface area contributed by atoms with E-state index >= 15 is 0 Å². The summed E-state index contributed by atoms with van der Waals surface area (Å²) in [5.41, 5.74) is 3.43. The molecule has 2 saturated heterocycles. The number of rotatable bonds is 6. The van der Waals surface area contributed by atoms with Crippen LogP contribution in [0.5, 0.6) is 6.01 Å². The van der Waals surface area contributed by atoms with Crippen LogP contribution in [0.15, 0.2) is 36.7 Å². The van der Waals surface area contributed by atoms with Gasteiger partial charge in [0.15, 0.2) is 5.13 Å². The van der Waals surface area contributed by atoms with E-state index in [-0.39, 0.29) is 0 Å². The molecule has 164 valence electrons. The highest BCUT2D eigenvalue weighted by Gasteiger charge is 2.23. The van der Waals surface area contributed by atoms with Gasteiger partial charge in [-0.3, -0.25) is 0 Å². The molecule has 0 amide bonds. The van der Waals surface area contributed by atoms with Crippen LogP contribution in [0.3, 0.4) is 0 Å². The zero-order valence-corrected chi connectivity index (χ0v) is 18.8. The van der Waals surface area contributed by atoms with E-state index < -0.39 is 0 Å². The van der Waals surface area contributed by atoms with Crippen molar-refractivity contribution in [1.29, 1.82) is 5.26 Å². The van der Waals surface area contributed by atoms with Gasteiger partial charge in [0.25, 0.3) is 0 Å². The first-order chi connectivity index (χ1) is 15.7. The highest BCUT2D eigenvalue weighted by Crippen LogP contribution is 2.41. The Kier molecular flexibility index (Phi) is 6.02. The maximum absolute atomic E-state index is 9.15. The number of anilines is 1. The van der Waals surface area contributed by atoms with E-state index in [0.717, 1.165) is 59.1 Å². The zero-order chi connectivity index (χ0) is 21.9. The van der Waals surface area contributed by atoms with Gasteiger partial charge in [-0.25, -0.2) is 15.0 Å². The van der Waals surface area contributed by atoms with Gasteiger partial charge in [0.1, 0.15) is 0 Å². The van der Waals surface area contributed by atoms with Crippen LogP contribution < -0.4 is 9.64 Å². The lowest BCUT2D eigenvalue weighted by Crippen LogP contribution is -2.32. The Morgan fingerprint density at radius 1 is 1.12 bits per heavy atom. The Bertz CT molecular complexity index is 1090. The molecule has 0 saturated carbocycles. The Morgan fingerprint density at radius 2 is 1.84 bits per heavy atom. The van der Waals surface area contributed by atoms with E-state index in [9.17, 15) is 0 Å². The molecule has 2 aromatic heterocycles. The largest absolute Gasteiger partial charge is 0.463 e. The van der Waals surface area contributed by atoms with Crippen molar-refractivity contribution in [2.45, 2.75) is 19.8 Å². The third kappa shape index (κ3) is 4.45. The van der Waals surface area contributed by atoms with Crippen LogP contribution in [0.4, 0.5) is 5.13 Å². The van der Waals surface area contributed by atoms with Gasteiger partial charge in [-0.2, -0.15) is 5.26 Å². The summed E-state index contributed by atoms with van der Waals surface area (Å²) in [7, 11) is 0. The maximum atomic E-state index is 9.15. The number of hydrogen-bond acceptors (Lipinski definition) is 8. The molecular weight excluding hydrogens is 422 g/mol. The van der Waals surface area contributed by atoms with E-state index in [1.807, 2.05) is 36.7 Å². The molecule has 0 unspecified atom stereocenters.